The molecule has 1 amide bonds. The minimum absolute atomic E-state index is 0.159. The highest BCUT2D eigenvalue weighted by molar-refractivity contribution is 5.75. The Balaban J connectivity index is 0.000000566. The van der Waals surface area contributed by atoms with Crippen LogP contribution < -0.4 is 10.2 Å². The summed E-state index contributed by atoms with van der Waals surface area (Å²) in [7, 11) is 0. The molecular weight excluding hydrogens is 599 g/mol. The van der Waals surface area contributed by atoms with Crippen LogP contribution in [0.2, 0.25) is 0 Å². The van der Waals surface area contributed by atoms with Crippen molar-refractivity contribution in [2.75, 3.05) is 31.1 Å². The molecule has 0 bridgehead atoms. The number of hydrogen-bond acceptors (Lipinski definition) is 6. The molecule has 0 aliphatic carbocycles. The smallest absolute Gasteiger partial charge is 0.475 e. The van der Waals surface area contributed by atoms with Crippen molar-refractivity contribution in [3.63, 3.8) is 0 Å². The zero-order chi connectivity index (χ0) is 32.4. The molecule has 1 aromatic carbocycles. The van der Waals surface area contributed by atoms with Gasteiger partial charge in [-0.3, -0.25) is 14.7 Å². The molecule has 2 saturated heterocycles. The summed E-state index contributed by atoms with van der Waals surface area (Å²) in [5, 5.41) is 9.37. The minimum Gasteiger partial charge on any atom is -0.475 e. The Morgan fingerprint density at radius 1 is 1.02 bits per heavy atom. The molecule has 2 aliphatic rings. The second-order valence-electron chi connectivity index (χ2n) is 10.9. The van der Waals surface area contributed by atoms with E-state index in [4.69, 9.17) is 9.90 Å². The van der Waals surface area contributed by atoms with Crippen molar-refractivity contribution in [3.05, 3.63) is 88.9 Å². The highest BCUT2D eigenvalue weighted by atomic mass is 19.4. The highest BCUT2D eigenvalue weighted by Gasteiger charge is 2.52. The van der Waals surface area contributed by atoms with Crippen LogP contribution in [0.4, 0.5) is 36.6 Å². The Morgan fingerprint density at radius 3 is 2.18 bits per heavy atom. The minimum atomic E-state index is -5.08. The van der Waals surface area contributed by atoms with E-state index in [1.165, 1.54) is 12.3 Å². The van der Waals surface area contributed by atoms with Gasteiger partial charge in [-0.05, 0) is 48.4 Å². The summed E-state index contributed by atoms with van der Waals surface area (Å²) in [5.41, 5.74) is -0.817. The van der Waals surface area contributed by atoms with Crippen LogP contribution in [0.3, 0.4) is 0 Å². The fraction of sp³-hybridized carbons (Fsp3) is 0.379. The number of aromatic nitrogens is 2. The van der Waals surface area contributed by atoms with E-state index in [1.807, 2.05) is 25.1 Å². The van der Waals surface area contributed by atoms with E-state index in [2.05, 4.69) is 25.1 Å². The SMILES string of the molecule is CC(=O)N[C@@](c1ccc(F)c(F)c1)(c1ccc(CN2CC3(C2)CN(c2cccc(C)n2)C3)cn1)C(F)F.O=C(O)C(F)(F)F. The average Bonchev–Trinajstić information content (AvgIpc) is 2.89. The van der Waals surface area contributed by atoms with Gasteiger partial charge >= 0.3 is 12.1 Å². The molecule has 0 saturated carbocycles. The third kappa shape index (κ3) is 6.93. The summed E-state index contributed by atoms with van der Waals surface area (Å²) in [4.78, 5) is 34.1. The molecule has 2 aromatic heterocycles. The second kappa shape index (κ2) is 12.4. The lowest BCUT2D eigenvalue weighted by Crippen LogP contribution is -2.72. The normalized spacial score (nSPS) is 17.2. The van der Waals surface area contributed by atoms with Crippen molar-refractivity contribution in [2.24, 2.45) is 5.41 Å². The summed E-state index contributed by atoms with van der Waals surface area (Å²) in [6.07, 6.45) is -6.76. The Kier molecular flexibility index (Phi) is 9.18. The van der Waals surface area contributed by atoms with Crippen LogP contribution in [0.1, 0.15) is 29.4 Å². The first-order chi connectivity index (χ1) is 20.5. The molecule has 3 aromatic rings. The van der Waals surface area contributed by atoms with E-state index in [0.29, 0.717) is 12.6 Å². The third-order valence-electron chi connectivity index (χ3n) is 7.32. The Morgan fingerprint density at radius 2 is 1.68 bits per heavy atom. The Labute approximate surface area is 247 Å². The molecule has 1 spiro atoms. The molecule has 236 valence electrons. The van der Waals surface area contributed by atoms with Crippen molar-refractivity contribution in [2.45, 2.75) is 38.5 Å². The fourth-order valence-electron chi connectivity index (χ4n) is 5.45. The van der Waals surface area contributed by atoms with E-state index < -0.39 is 41.7 Å². The monoisotopic (exact) mass is 627 g/mol. The standard InChI is InChI=1S/C27H27F4N5O.C2HF3O2/c1-17-4-3-5-24(33-17)36-15-26(16-36)13-35(14-26)12-19-6-9-23(32-11-19)27(25(30)31,34-18(2)37)20-7-8-21(28)22(29)10-20;3-2(4,5)1(6)7/h3-11,25H,12-16H2,1-2H3,(H,34,37);(H,6,7)/t27-;/m0./s1. The number of aliphatic carboxylic acids is 1. The van der Waals surface area contributed by atoms with Crippen molar-refractivity contribution >= 4 is 17.7 Å². The van der Waals surface area contributed by atoms with Crippen LogP contribution >= 0.6 is 0 Å². The number of hydrogen-bond donors (Lipinski definition) is 2. The van der Waals surface area contributed by atoms with Crippen molar-refractivity contribution in [3.8, 4) is 0 Å². The topological polar surface area (TPSA) is 98.7 Å². The zero-order valence-corrected chi connectivity index (χ0v) is 23.5. The summed E-state index contributed by atoms with van der Waals surface area (Å²) in [6, 6.07) is 11.5. The molecule has 0 radical (unpaired) electrons. The maximum atomic E-state index is 14.5. The number of halogens is 7. The third-order valence-corrected chi connectivity index (χ3v) is 7.32. The number of anilines is 1. The lowest BCUT2D eigenvalue weighted by Gasteiger charge is -2.60. The molecule has 2 N–H and O–H groups in total. The quantitative estimate of drug-likeness (QED) is 0.368. The van der Waals surface area contributed by atoms with Crippen molar-refractivity contribution in [1.29, 1.82) is 0 Å². The first-order valence-corrected chi connectivity index (χ1v) is 13.2. The summed E-state index contributed by atoms with van der Waals surface area (Å²) in [6.45, 7) is 7.38. The molecule has 44 heavy (non-hydrogen) atoms. The molecule has 2 fully saturated rings. The van der Waals surface area contributed by atoms with Gasteiger partial charge in [-0.2, -0.15) is 13.2 Å². The van der Waals surface area contributed by atoms with Crippen LogP contribution in [0.5, 0.6) is 0 Å². The molecule has 15 heteroatoms. The van der Waals surface area contributed by atoms with Crippen LogP contribution in [0, 0.1) is 24.0 Å². The molecule has 0 unspecified atom stereocenters. The van der Waals surface area contributed by atoms with E-state index in [0.717, 1.165) is 62.3 Å². The van der Waals surface area contributed by atoms with Crippen LogP contribution in [0.15, 0.2) is 54.7 Å². The maximum absolute atomic E-state index is 14.5. The molecule has 5 rings (SSSR count). The predicted octanol–water partition coefficient (Wildman–Crippen LogP) is 4.66. The average molecular weight is 628 g/mol. The highest BCUT2D eigenvalue weighted by Crippen LogP contribution is 2.42. The number of carboxylic acids is 1. The van der Waals surface area contributed by atoms with Gasteiger partial charge in [0.15, 0.2) is 17.2 Å². The lowest BCUT2D eigenvalue weighted by molar-refractivity contribution is -0.192. The first kappa shape index (κ1) is 32.6. The van der Waals surface area contributed by atoms with Crippen molar-refractivity contribution < 1.29 is 45.4 Å². The van der Waals surface area contributed by atoms with Gasteiger partial charge in [-0.25, -0.2) is 27.3 Å². The van der Waals surface area contributed by atoms with Gasteiger partial charge in [0.1, 0.15) is 5.82 Å². The number of benzene rings is 1. The number of carbonyl (C=O) groups is 2. The second-order valence-corrected chi connectivity index (χ2v) is 10.9. The maximum Gasteiger partial charge on any atom is 0.490 e. The lowest BCUT2D eigenvalue weighted by atomic mass is 9.72. The fourth-order valence-corrected chi connectivity index (χ4v) is 5.45. The number of carboxylic acid groups (broad SMARTS) is 1. The van der Waals surface area contributed by atoms with Gasteiger partial charge in [0, 0.05) is 57.0 Å². The molecule has 8 nitrogen and oxygen atoms in total. The first-order valence-electron chi connectivity index (χ1n) is 13.2. The van der Waals surface area contributed by atoms with E-state index >= 15 is 0 Å². The summed E-state index contributed by atoms with van der Waals surface area (Å²) in [5.74, 6) is -4.98. The molecular formula is C29H28F7N5O3. The van der Waals surface area contributed by atoms with Gasteiger partial charge in [-0.1, -0.05) is 18.2 Å². The van der Waals surface area contributed by atoms with Crippen molar-refractivity contribution in [1.82, 2.24) is 20.2 Å². The number of likely N-dealkylation sites (tertiary alicyclic amines) is 1. The number of alkyl halides is 5. The Hall–Kier alpha value is -4.27. The number of nitrogens with zero attached hydrogens (tertiary/aromatic N) is 4. The molecule has 2 aliphatic heterocycles. The largest absolute Gasteiger partial charge is 0.490 e. The van der Waals surface area contributed by atoms with Gasteiger partial charge in [0.25, 0.3) is 6.43 Å². The number of pyridine rings is 2. The molecule has 1 atom stereocenters. The number of amides is 1. The molecule has 4 heterocycles. The number of rotatable bonds is 7. The van der Waals surface area contributed by atoms with Gasteiger partial charge in [0.2, 0.25) is 5.91 Å². The predicted molar refractivity (Wildman–Crippen MR) is 144 cm³/mol. The van der Waals surface area contributed by atoms with E-state index in [1.54, 1.807) is 6.07 Å². The Bertz CT molecular complexity index is 1510. The van der Waals surface area contributed by atoms with E-state index in [9.17, 15) is 35.5 Å². The van der Waals surface area contributed by atoms with Crippen LogP contribution in [-0.2, 0) is 21.7 Å². The van der Waals surface area contributed by atoms with Crippen LogP contribution in [0.25, 0.3) is 0 Å². The number of aryl methyl sites for hydroxylation is 1. The summed E-state index contributed by atoms with van der Waals surface area (Å²) >= 11 is 0. The van der Waals surface area contributed by atoms with Gasteiger partial charge < -0.3 is 15.3 Å². The van der Waals surface area contributed by atoms with Gasteiger partial charge in [0.05, 0.1) is 5.69 Å². The van der Waals surface area contributed by atoms with Crippen LogP contribution in [-0.4, -0.2) is 70.6 Å². The number of nitrogens with one attached hydrogen (secondary N) is 1. The summed E-state index contributed by atoms with van der Waals surface area (Å²) < 4.78 is 88.2. The zero-order valence-electron chi connectivity index (χ0n) is 23.5. The number of carbonyl (C=O) groups excluding carboxylic acids is 1. The van der Waals surface area contributed by atoms with E-state index in [-0.39, 0.29) is 16.7 Å². The van der Waals surface area contributed by atoms with Gasteiger partial charge in [-0.15, -0.1) is 0 Å².